The van der Waals surface area contributed by atoms with Crippen molar-refractivity contribution < 1.29 is 4.39 Å². The number of benzene rings is 2. The zero-order chi connectivity index (χ0) is 13.7. The van der Waals surface area contributed by atoms with Gasteiger partial charge >= 0.3 is 0 Å². The van der Waals surface area contributed by atoms with Gasteiger partial charge in [-0.15, -0.1) is 0 Å². The Hall–Kier alpha value is -1.87. The molecule has 0 amide bonds. The molecule has 0 saturated heterocycles. The molecule has 0 spiro atoms. The van der Waals surface area contributed by atoms with E-state index in [9.17, 15) is 4.39 Å². The summed E-state index contributed by atoms with van der Waals surface area (Å²) in [6.45, 7) is 3.85. The summed E-state index contributed by atoms with van der Waals surface area (Å²) >= 11 is 0. The molecule has 0 radical (unpaired) electrons. The van der Waals surface area contributed by atoms with Crippen LogP contribution >= 0.6 is 0 Å². The Balaban J connectivity index is 2.30. The first-order valence-electron chi connectivity index (χ1n) is 6.52. The van der Waals surface area contributed by atoms with E-state index in [1.54, 1.807) is 6.07 Å². The average Bonchev–Trinajstić information content (AvgIpc) is 2.45. The maximum atomic E-state index is 13.8. The van der Waals surface area contributed by atoms with Gasteiger partial charge in [-0.1, -0.05) is 36.4 Å². The third-order valence-corrected chi connectivity index (χ3v) is 3.24. The first kappa shape index (κ1) is 13.6. The molecule has 19 heavy (non-hydrogen) atoms. The smallest absolute Gasteiger partial charge is 0.129 e. The molecule has 2 nitrogen and oxygen atoms in total. The van der Waals surface area contributed by atoms with Crippen LogP contribution in [0, 0.1) is 5.82 Å². The summed E-state index contributed by atoms with van der Waals surface area (Å²) < 4.78 is 13.8. The van der Waals surface area contributed by atoms with Crippen molar-refractivity contribution in [1.82, 2.24) is 0 Å². The van der Waals surface area contributed by atoms with E-state index < -0.39 is 0 Å². The van der Waals surface area contributed by atoms with Gasteiger partial charge in [0.2, 0.25) is 0 Å². The van der Waals surface area contributed by atoms with Crippen molar-refractivity contribution in [2.24, 2.45) is 5.73 Å². The lowest BCUT2D eigenvalue weighted by Gasteiger charge is -2.26. The molecule has 2 aromatic rings. The highest BCUT2D eigenvalue weighted by atomic mass is 19.1. The molecule has 100 valence electrons. The van der Waals surface area contributed by atoms with Crippen LogP contribution in [0.3, 0.4) is 0 Å². The summed E-state index contributed by atoms with van der Waals surface area (Å²) in [5, 5.41) is 0. The zero-order valence-corrected chi connectivity index (χ0v) is 11.1. The maximum Gasteiger partial charge on any atom is 0.129 e. The van der Waals surface area contributed by atoms with Gasteiger partial charge in [0.05, 0.1) is 0 Å². The standard InChI is InChI=1S/C16H19FN2/c1-2-19(12-13-7-4-3-5-8-13)16-10-6-9-15(17)14(16)11-18/h3-10H,2,11-12,18H2,1H3. The number of rotatable bonds is 5. The molecule has 0 aromatic heterocycles. The highest BCUT2D eigenvalue weighted by Crippen LogP contribution is 2.24. The highest BCUT2D eigenvalue weighted by molar-refractivity contribution is 5.54. The molecule has 0 aliphatic heterocycles. The number of nitrogens with two attached hydrogens (primary N) is 1. The van der Waals surface area contributed by atoms with E-state index in [1.807, 2.05) is 24.3 Å². The SMILES string of the molecule is CCN(Cc1ccccc1)c1cccc(F)c1CN. The maximum absolute atomic E-state index is 13.8. The summed E-state index contributed by atoms with van der Waals surface area (Å²) in [4.78, 5) is 2.14. The van der Waals surface area contributed by atoms with Crippen LogP contribution in [0.15, 0.2) is 48.5 Å². The van der Waals surface area contributed by atoms with Gasteiger partial charge in [0, 0.05) is 30.9 Å². The second kappa shape index (κ2) is 6.34. The van der Waals surface area contributed by atoms with Crippen molar-refractivity contribution in [2.75, 3.05) is 11.4 Å². The number of halogens is 1. The average molecular weight is 258 g/mol. The fraction of sp³-hybridized carbons (Fsp3) is 0.250. The van der Waals surface area contributed by atoms with E-state index in [4.69, 9.17) is 5.73 Å². The lowest BCUT2D eigenvalue weighted by molar-refractivity contribution is 0.608. The van der Waals surface area contributed by atoms with E-state index in [1.165, 1.54) is 11.6 Å². The fourth-order valence-electron chi connectivity index (χ4n) is 2.22. The molecule has 0 atom stereocenters. The van der Waals surface area contributed by atoms with Crippen LogP contribution in [0.4, 0.5) is 10.1 Å². The topological polar surface area (TPSA) is 29.3 Å². The van der Waals surface area contributed by atoms with Crippen LogP contribution in [-0.4, -0.2) is 6.54 Å². The Morgan fingerprint density at radius 1 is 1.05 bits per heavy atom. The second-order valence-electron chi connectivity index (χ2n) is 4.44. The van der Waals surface area contributed by atoms with Gasteiger partial charge in [0.25, 0.3) is 0 Å². The Morgan fingerprint density at radius 2 is 1.79 bits per heavy atom. The Kier molecular flexibility index (Phi) is 4.53. The predicted molar refractivity (Wildman–Crippen MR) is 77.5 cm³/mol. The van der Waals surface area contributed by atoms with Crippen molar-refractivity contribution in [3.05, 3.63) is 65.5 Å². The molecule has 2 aromatic carbocycles. The molecule has 0 unspecified atom stereocenters. The first-order valence-corrected chi connectivity index (χ1v) is 6.52. The van der Waals surface area contributed by atoms with Gasteiger partial charge in [0.1, 0.15) is 5.82 Å². The number of nitrogens with zero attached hydrogens (tertiary/aromatic N) is 1. The van der Waals surface area contributed by atoms with Crippen LogP contribution in [-0.2, 0) is 13.1 Å². The molecule has 0 aliphatic rings. The monoisotopic (exact) mass is 258 g/mol. The first-order chi connectivity index (χ1) is 9.26. The molecular weight excluding hydrogens is 239 g/mol. The van der Waals surface area contributed by atoms with Gasteiger partial charge in [-0.2, -0.15) is 0 Å². The number of anilines is 1. The fourth-order valence-corrected chi connectivity index (χ4v) is 2.22. The molecule has 0 bridgehead atoms. The van der Waals surface area contributed by atoms with Crippen molar-refractivity contribution in [3.8, 4) is 0 Å². The largest absolute Gasteiger partial charge is 0.367 e. The Morgan fingerprint density at radius 3 is 2.42 bits per heavy atom. The van der Waals surface area contributed by atoms with Crippen LogP contribution in [0.2, 0.25) is 0 Å². The molecule has 2 rings (SSSR count). The van der Waals surface area contributed by atoms with Crippen LogP contribution in [0.5, 0.6) is 0 Å². The van der Waals surface area contributed by atoms with Gasteiger partial charge < -0.3 is 10.6 Å². The zero-order valence-electron chi connectivity index (χ0n) is 11.1. The minimum atomic E-state index is -0.230. The van der Waals surface area contributed by atoms with E-state index in [-0.39, 0.29) is 12.4 Å². The van der Waals surface area contributed by atoms with Gasteiger partial charge in [-0.25, -0.2) is 4.39 Å². The van der Waals surface area contributed by atoms with Crippen LogP contribution in [0.25, 0.3) is 0 Å². The third-order valence-electron chi connectivity index (χ3n) is 3.24. The molecule has 0 saturated carbocycles. The molecule has 0 fully saturated rings. The van der Waals surface area contributed by atoms with Gasteiger partial charge in [-0.3, -0.25) is 0 Å². The molecule has 3 heteroatoms. The van der Waals surface area contributed by atoms with Gasteiger partial charge in [-0.05, 0) is 24.6 Å². The number of hydrogen-bond donors (Lipinski definition) is 1. The van der Waals surface area contributed by atoms with Crippen molar-refractivity contribution in [3.63, 3.8) is 0 Å². The minimum absolute atomic E-state index is 0.216. The quantitative estimate of drug-likeness (QED) is 0.891. The minimum Gasteiger partial charge on any atom is -0.367 e. The predicted octanol–water partition coefficient (Wildman–Crippen LogP) is 3.31. The summed E-state index contributed by atoms with van der Waals surface area (Å²) in [7, 11) is 0. The van der Waals surface area contributed by atoms with Crippen molar-refractivity contribution >= 4 is 5.69 Å². The summed E-state index contributed by atoms with van der Waals surface area (Å²) in [6, 6.07) is 15.3. The molecule has 0 heterocycles. The summed E-state index contributed by atoms with van der Waals surface area (Å²) in [5.41, 5.74) is 8.34. The lowest BCUT2D eigenvalue weighted by Crippen LogP contribution is -2.24. The highest BCUT2D eigenvalue weighted by Gasteiger charge is 2.12. The van der Waals surface area contributed by atoms with Crippen LogP contribution in [0.1, 0.15) is 18.1 Å². The van der Waals surface area contributed by atoms with E-state index >= 15 is 0 Å². The van der Waals surface area contributed by atoms with E-state index in [0.29, 0.717) is 5.56 Å². The van der Waals surface area contributed by atoms with Gasteiger partial charge in [0.15, 0.2) is 0 Å². The van der Waals surface area contributed by atoms with Crippen molar-refractivity contribution in [2.45, 2.75) is 20.0 Å². The molecule has 0 aliphatic carbocycles. The van der Waals surface area contributed by atoms with Crippen molar-refractivity contribution in [1.29, 1.82) is 0 Å². The molecule has 2 N–H and O–H groups in total. The Bertz CT molecular complexity index is 526. The van der Waals surface area contributed by atoms with E-state index in [2.05, 4.69) is 24.0 Å². The van der Waals surface area contributed by atoms with Crippen LogP contribution < -0.4 is 10.6 Å². The summed E-state index contributed by atoms with van der Waals surface area (Å²) in [6.07, 6.45) is 0. The Labute approximate surface area is 113 Å². The third kappa shape index (κ3) is 3.12. The molecular formula is C16H19FN2. The summed E-state index contributed by atoms with van der Waals surface area (Å²) in [5.74, 6) is -0.230. The lowest BCUT2D eigenvalue weighted by atomic mass is 10.1. The number of hydrogen-bond acceptors (Lipinski definition) is 2. The second-order valence-corrected chi connectivity index (χ2v) is 4.44. The van der Waals surface area contributed by atoms with E-state index in [0.717, 1.165) is 18.8 Å². The normalized spacial score (nSPS) is 10.5.